The van der Waals surface area contributed by atoms with Crippen LogP contribution < -0.4 is 5.32 Å². The normalized spacial score (nSPS) is 12.7. The van der Waals surface area contributed by atoms with Gasteiger partial charge in [-0.3, -0.25) is 0 Å². The summed E-state index contributed by atoms with van der Waals surface area (Å²) < 4.78 is 0.731. The summed E-state index contributed by atoms with van der Waals surface area (Å²) in [6, 6.07) is 8.03. The average molecular weight is 352 g/mol. The summed E-state index contributed by atoms with van der Waals surface area (Å²) >= 11 is 7.57. The van der Waals surface area contributed by atoms with Crippen molar-refractivity contribution >= 4 is 22.9 Å². The number of hydrogen-bond donors (Lipinski definition) is 2. The van der Waals surface area contributed by atoms with E-state index < -0.39 is 0 Å². The third kappa shape index (κ3) is 4.72. The number of phenolic OH excluding ortho intramolecular Hbond substituents is 1. The fraction of sp³-hybridized carbons (Fsp3) is 0.474. The second kappa shape index (κ2) is 6.46. The van der Waals surface area contributed by atoms with Crippen molar-refractivity contribution in [3.05, 3.63) is 39.7 Å². The van der Waals surface area contributed by atoms with Gasteiger partial charge in [-0.25, -0.2) is 0 Å². The molecule has 0 atom stereocenters. The standard InChI is InChI=1S/C19H26ClNOS/c1-18(2,3)13-9-12(11-21-19(4,5)6)17(22)14(10-13)15-7-8-16(20)23-15/h7-10,21-22H,11H2,1-6H3. The van der Waals surface area contributed by atoms with Crippen molar-refractivity contribution in [2.45, 2.75) is 59.0 Å². The van der Waals surface area contributed by atoms with Gasteiger partial charge in [-0.1, -0.05) is 38.4 Å². The first-order valence-electron chi connectivity index (χ1n) is 7.84. The lowest BCUT2D eigenvalue weighted by Gasteiger charge is -2.25. The Bertz CT molecular complexity index is 692. The molecule has 2 N–H and O–H groups in total. The lowest BCUT2D eigenvalue weighted by atomic mass is 9.84. The Balaban J connectivity index is 2.53. The molecule has 0 aliphatic rings. The molecule has 126 valence electrons. The molecule has 1 heterocycles. The molecule has 1 aromatic heterocycles. The van der Waals surface area contributed by atoms with E-state index in [0.717, 1.165) is 20.3 Å². The molecule has 0 saturated heterocycles. The highest BCUT2D eigenvalue weighted by atomic mass is 35.5. The highest BCUT2D eigenvalue weighted by molar-refractivity contribution is 7.19. The number of hydrogen-bond acceptors (Lipinski definition) is 3. The van der Waals surface area contributed by atoms with E-state index in [-0.39, 0.29) is 11.0 Å². The molecule has 23 heavy (non-hydrogen) atoms. The van der Waals surface area contributed by atoms with Crippen molar-refractivity contribution in [1.82, 2.24) is 5.32 Å². The second-order valence-electron chi connectivity index (χ2n) is 7.99. The van der Waals surface area contributed by atoms with Crippen LogP contribution in [0.5, 0.6) is 5.75 Å². The zero-order valence-corrected chi connectivity index (χ0v) is 16.3. The van der Waals surface area contributed by atoms with Gasteiger partial charge in [0.2, 0.25) is 0 Å². The van der Waals surface area contributed by atoms with E-state index in [1.165, 1.54) is 16.9 Å². The van der Waals surface area contributed by atoms with E-state index in [0.29, 0.717) is 12.3 Å². The van der Waals surface area contributed by atoms with Gasteiger partial charge in [-0.15, -0.1) is 11.3 Å². The summed E-state index contributed by atoms with van der Waals surface area (Å²) in [5.41, 5.74) is 3.00. The molecule has 2 rings (SSSR count). The molecular formula is C19H26ClNOS. The summed E-state index contributed by atoms with van der Waals surface area (Å²) in [5, 5.41) is 14.2. The van der Waals surface area contributed by atoms with Crippen LogP contribution in [0.3, 0.4) is 0 Å². The molecule has 0 fully saturated rings. The van der Waals surface area contributed by atoms with Crippen LogP contribution in [0, 0.1) is 0 Å². The Labute approximate surface area is 148 Å². The van der Waals surface area contributed by atoms with Crippen molar-refractivity contribution in [3.63, 3.8) is 0 Å². The molecule has 0 aliphatic heterocycles. The van der Waals surface area contributed by atoms with Gasteiger partial charge < -0.3 is 10.4 Å². The molecule has 0 bridgehead atoms. The van der Waals surface area contributed by atoms with Crippen molar-refractivity contribution in [1.29, 1.82) is 0 Å². The first-order chi connectivity index (χ1) is 10.5. The van der Waals surface area contributed by atoms with Gasteiger partial charge in [-0.05, 0) is 49.9 Å². The van der Waals surface area contributed by atoms with E-state index >= 15 is 0 Å². The summed E-state index contributed by atoms with van der Waals surface area (Å²) in [4.78, 5) is 0.996. The number of benzene rings is 1. The van der Waals surface area contributed by atoms with Gasteiger partial charge in [0.05, 0.1) is 4.34 Å². The second-order valence-corrected chi connectivity index (χ2v) is 9.70. The SMILES string of the molecule is CC(C)(C)NCc1cc(C(C)(C)C)cc(-c2ccc(Cl)s2)c1O. The zero-order valence-electron chi connectivity index (χ0n) is 14.7. The zero-order chi connectivity index (χ0) is 17.4. The minimum Gasteiger partial charge on any atom is -0.507 e. The maximum Gasteiger partial charge on any atom is 0.128 e. The van der Waals surface area contributed by atoms with E-state index in [1.807, 2.05) is 12.1 Å². The van der Waals surface area contributed by atoms with Crippen molar-refractivity contribution < 1.29 is 5.11 Å². The first-order valence-corrected chi connectivity index (χ1v) is 9.04. The molecule has 0 amide bonds. The maximum absolute atomic E-state index is 10.8. The molecular weight excluding hydrogens is 326 g/mol. The van der Waals surface area contributed by atoms with Crippen LogP contribution in [0.25, 0.3) is 10.4 Å². The van der Waals surface area contributed by atoms with Crippen LogP contribution in [0.4, 0.5) is 0 Å². The fourth-order valence-electron chi connectivity index (χ4n) is 2.27. The number of rotatable bonds is 3. The Kier molecular flexibility index (Phi) is 5.15. The first kappa shape index (κ1) is 18.3. The summed E-state index contributed by atoms with van der Waals surface area (Å²) in [6.07, 6.45) is 0. The van der Waals surface area contributed by atoms with Crippen LogP contribution in [0.1, 0.15) is 52.7 Å². The maximum atomic E-state index is 10.8. The van der Waals surface area contributed by atoms with Gasteiger partial charge in [0, 0.05) is 28.1 Å². The number of nitrogens with one attached hydrogen (secondary N) is 1. The molecule has 0 saturated carbocycles. The van der Waals surface area contributed by atoms with Crippen LogP contribution in [-0.2, 0) is 12.0 Å². The van der Waals surface area contributed by atoms with Gasteiger partial charge in [0.15, 0.2) is 0 Å². The lowest BCUT2D eigenvalue weighted by Crippen LogP contribution is -2.35. The third-order valence-electron chi connectivity index (χ3n) is 3.70. The molecule has 2 nitrogen and oxygen atoms in total. The van der Waals surface area contributed by atoms with E-state index in [4.69, 9.17) is 11.6 Å². The Morgan fingerprint density at radius 3 is 2.22 bits per heavy atom. The molecule has 0 aliphatic carbocycles. The number of aromatic hydroxyl groups is 1. The van der Waals surface area contributed by atoms with E-state index in [9.17, 15) is 5.11 Å². The number of phenols is 1. The summed E-state index contributed by atoms with van der Waals surface area (Å²) in [5.74, 6) is 0.341. The van der Waals surface area contributed by atoms with E-state index in [1.54, 1.807) is 0 Å². The van der Waals surface area contributed by atoms with Crippen LogP contribution in [0.15, 0.2) is 24.3 Å². The lowest BCUT2D eigenvalue weighted by molar-refractivity contribution is 0.412. The van der Waals surface area contributed by atoms with E-state index in [2.05, 4.69) is 59.0 Å². The topological polar surface area (TPSA) is 32.3 Å². The molecule has 1 aromatic carbocycles. The summed E-state index contributed by atoms with van der Waals surface area (Å²) in [6.45, 7) is 13.6. The Hall–Kier alpha value is -1.03. The molecule has 0 unspecified atom stereocenters. The van der Waals surface area contributed by atoms with Crippen LogP contribution in [-0.4, -0.2) is 10.6 Å². The highest BCUT2D eigenvalue weighted by Gasteiger charge is 2.21. The van der Waals surface area contributed by atoms with Crippen molar-refractivity contribution in [2.24, 2.45) is 0 Å². The predicted octanol–water partition coefficient (Wildman–Crippen LogP) is 5.96. The minimum atomic E-state index is -0.00339. The smallest absolute Gasteiger partial charge is 0.128 e. The Morgan fingerprint density at radius 1 is 1.09 bits per heavy atom. The number of thiophene rings is 1. The van der Waals surface area contributed by atoms with Crippen molar-refractivity contribution in [3.8, 4) is 16.2 Å². The predicted molar refractivity (Wildman–Crippen MR) is 102 cm³/mol. The number of halogens is 1. The quantitative estimate of drug-likeness (QED) is 0.715. The monoisotopic (exact) mass is 351 g/mol. The van der Waals surface area contributed by atoms with Crippen LogP contribution in [0.2, 0.25) is 4.34 Å². The fourth-order valence-corrected chi connectivity index (χ4v) is 3.33. The van der Waals surface area contributed by atoms with Gasteiger partial charge in [-0.2, -0.15) is 0 Å². The van der Waals surface area contributed by atoms with Crippen LogP contribution >= 0.6 is 22.9 Å². The summed E-state index contributed by atoms with van der Waals surface area (Å²) in [7, 11) is 0. The minimum absolute atomic E-state index is 0.00339. The third-order valence-corrected chi connectivity index (χ3v) is 4.97. The average Bonchev–Trinajstić information content (AvgIpc) is 2.81. The van der Waals surface area contributed by atoms with Gasteiger partial charge in [0.25, 0.3) is 0 Å². The molecule has 0 spiro atoms. The van der Waals surface area contributed by atoms with Gasteiger partial charge in [0.1, 0.15) is 5.75 Å². The Morgan fingerprint density at radius 2 is 1.74 bits per heavy atom. The highest BCUT2D eigenvalue weighted by Crippen LogP contribution is 2.41. The molecule has 4 heteroatoms. The van der Waals surface area contributed by atoms with Crippen molar-refractivity contribution in [2.75, 3.05) is 0 Å². The molecule has 2 aromatic rings. The largest absolute Gasteiger partial charge is 0.507 e. The molecule has 0 radical (unpaired) electrons. The van der Waals surface area contributed by atoms with Gasteiger partial charge >= 0.3 is 0 Å².